The van der Waals surface area contributed by atoms with E-state index < -0.39 is 11.9 Å². The van der Waals surface area contributed by atoms with Crippen molar-refractivity contribution < 1.29 is 14.7 Å². The van der Waals surface area contributed by atoms with Crippen LogP contribution in [-0.2, 0) is 9.59 Å². The third-order valence-corrected chi connectivity index (χ3v) is 2.84. The van der Waals surface area contributed by atoms with Gasteiger partial charge < -0.3 is 10.0 Å². The van der Waals surface area contributed by atoms with Crippen LogP contribution in [-0.4, -0.2) is 41.5 Å². The minimum absolute atomic E-state index is 0.0518. The number of likely N-dealkylation sites (tertiary alicyclic amines) is 1. The molecule has 94 valence electrons. The summed E-state index contributed by atoms with van der Waals surface area (Å²) in [6.07, 6.45) is 2.19. The Bertz CT molecular complexity index is 338. The van der Waals surface area contributed by atoms with E-state index in [1.165, 1.54) is 0 Å². The Hall–Kier alpha value is -1.75. The molecule has 0 saturated carbocycles. The number of hydrogen-bond acceptors (Lipinski definition) is 3. The van der Waals surface area contributed by atoms with Gasteiger partial charge in [0.05, 0.1) is 5.92 Å². The van der Waals surface area contributed by atoms with Crippen molar-refractivity contribution in [2.75, 3.05) is 19.6 Å². The van der Waals surface area contributed by atoms with Gasteiger partial charge in [-0.25, -0.2) is 0 Å². The van der Waals surface area contributed by atoms with Gasteiger partial charge in [0.1, 0.15) is 0 Å². The van der Waals surface area contributed by atoms with Crippen LogP contribution in [0.5, 0.6) is 0 Å². The maximum absolute atomic E-state index is 11.7. The lowest BCUT2D eigenvalue weighted by atomic mass is 9.98. The molecule has 1 aliphatic rings. The van der Waals surface area contributed by atoms with Crippen molar-refractivity contribution in [1.82, 2.24) is 4.90 Å². The van der Waals surface area contributed by atoms with Gasteiger partial charge in [0, 0.05) is 31.0 Å². The maximum Gasteiger partial charge on any atom is 0.308 e. The average molecular weight is 240 g/mol. The molecule has 0 bridgehead atoms. The maximum atomic E-state index is 11.7. The van der Waals surface area contributed by atoms with E-state index in [1.54, 1.807) is 4.90 Å². The summed E-state index contributed by atoms with van der Waals surface area (Å²) in [5.74, 6) is -1.33. The fourth-order valence-electron chi connectivity index (χ4n) is 1.91. The van der Waals surface area contributed by atoms with Crippen LogP contribution in [0.4, 0.5) is 0 Å². The van der Waals surface area contributed by atoms with Gasteiger partial charge in [-0.15, -0.1) is 0 Å². The lowest BCUT2D eigenvalue weighted by molar-refractivity contribution is -0.145. The van der Waals surface area contributed by atoms with Gasteiger partial charge in [0.25, 0.3) is 0 Å². The van der Waals surface area contributed by atoms with Gasteiger partial charge in [-0.1, -0.05) is 5.11 Å². The molecular weight excluding hydrogens is 224 g/mol. The highest BCUT2D eigenvalue weighted by Crippen LogP contribution is 2.17. The number of amides is 1. The largest absolute Gasteiger partial charge is 0.481 e. The highest BCUT2D eigenvalue weighted by atomic mass is 16.4. The number of azide groups is 1. The summed E-state index contributed by atoms with van der Waals surface area (Å²) in [7, 11) is 0. The van der Waals surface area contributed by atoms with E-state index in [-0.39, 0.29) is 5.91 Å². The lowest BCUT2D eigenvalue weighted by Crippen LogP contribution is -2.42. The zero-order valence-corrected chi connectivity index (χ0v) is 9.58. The summed E-state index contributed by atoms with van der Waals surface area (Å²) in [6.45, 7) is 1.23. The average Bonchev–Trinajstić information content (AvgIpc) is 2.34. The molecule has 1 amide bonds. The van der Waals surface area contributed by atoms with E-state index in [9.17, 15) is 9.59 Å². The Morgan fingerprint density at radius 2 is 2.29 bits per heavy atom. The monoisotopic (exact) mass is 240 g/mol. The second-order valence-electron chi connectivity index (χ2n) is 4.08. The number of piperidine rings is 1. The normalized spacial score (nSPS) is 19.5. The molecule has 0 aliphatic carbocycles. The number of carboxylic acids is 1. The molecule has 1 fully saturated rings. The number of carboxylic acid groups (broad SMARTS) is 1. The molecule has 1 atom stereocenters. The molecule has 1 aliphatic heterocycles. The molecular formula is C10H16N4O3. The van der Waals surface area contributed by atoms with Gasteiger partial charge >= 0.3 is 5.97 Å². The predicted octanol–water partition coefficient (Wildman–Crippen LogP) is 1.40. The summed E-state index contributed by atoms with van der Waals surface area (Å²) < 4.78 is 0. The SMILES string of the molecule is [N-]=[N+]=NCCCC(=O)N1CCCC(C(=O)O)C1. The lowest BCUT2D eigenvalue weighted by Gasteiger charge is -2.30. The summed E-state index contributed by atoms with van der Waals surface area (Å²) >= 11 is 0. The van der Waals surface area contributed by atoms with Crippen LogP contribution in [0.2, 0.25) is 0 Å². The number of nitrogens with zero attached hydrogens (tertiary/aromatic N) is 4. The molecule has 1 unspecified atom stereocenters. The van der Waals surface area contributed by atoms with Crippen LogP contribution in [0.1, 0.15) is 25.7 Å². The van der Waals surface area contributed by atoms with E-state index in [0.717, 1.165) is 6.42 Å². The van der Waals surface area contributed by atoms with Gasteiger partial charge in [-0.05, 0) is 24.8 Å². The molecule has 0 spiro atoms. The van der Waals surface area contributed by atoms with Crippen LogP contribution < -0.4 is 0 Å². The van der Waals surface area contributed by atoms with E-state index >= 15 is 0 Å². The van der Waals surface area contributed by atoms with E-state index in [2.05, 4.69) is 10.0 Å². The Morgan fingerprint density at radius 3 is 2.94 bits per heavy atom. The molecule has 7 nitrogen and oxygen atoms in total. The van der Waals surface area contributed by atoms with Crippen LogP contribution in [0.25, 0.3) is 10.4 Å². The molecule has 0 radical (unpaired) electrons. The second-order valence-corrected chi connectivity index (χ2v) is 4.08. The van der Waals surface area contributed by atoms with Crippen molar-refractivity contribution in [2.45, 2.75) is 25.7 Å². The van der Waals surface area contributed by atoms with Crippen molar-refractivity contribution in [3.8, 4) is 0 Å². The van der Waals surface area contributed by atoms with E-state index in [1.807, 2.05) is 0 Å². The Labute approximate surface area is 99.0 Å². The predicted molar refractivity (Wildman–Crippen MR) is 60.2 cm³/mol. The first-order valence-corrected chi connectivity index (χ1v) is 5.66. The van der Waals surface area contributed by atoms with Crippen molar-refractivity contribution in [3.63, 3.8) is 0 Å². The first-order valence-electron chi connectivity index (χ1n) is 5.66. The number of carbonyl (C=O) groups excluding carboxylic acids is 1. The standard InChI is InChI=1S/C10H16N4O3/c11-13-12-5-1-4-9(15)14-6-2-3-8(7-14)10(16)17/h8H,1-7H2,(H,16,17). The van der Waals surface area contributed by atoms with Crippen molar-refractivity contribution in [2.24, 2.45) is 11.0 Å². The summed E-state index contributed by atoms with van der Waals surface area (Å²) in [4.78, 5) is 26.8. The highest BCUT2D eigenvalue weighted by molar-refractivity contribution is 5.78. The third-order valence-electron chi connectivity index (χ3n) is 2.84. The molecule has 1 rings (SSSR count). The van der Waals surface area contributed by atoms with Gasteiger partial charge in [0.15, 0.2) is 0 Å². The summed E-state index contributed by atoms with van der Waals surface area (Å²) in [5.41, 5.74) is 8.07. The van der Waals surface area contributed by atoms with Crippen molar-refractivity contribution in [1.29, 1.82) is 0 Å². The zero-order chi connectivity index (χ0) is 12.7. The molecule has 17 heavy (non-hydrogen) atoms. The van der Waals surface area contributed by atoms with E-state index in [0.29, 0.717) is 38.9 Å². The van der Waals surface area contributed by atoms with E-state index in [4.69, 9.17) is 10.6 Å². The molecule has 1 saturated heterocycles. The molecule has 0 aromatic rings. The van der Waals surface area contributed by atoms with Gasteiger partial charge in [-0.2, -0.15) is 0 Å². The number of hydrogen-bond donors (Lipinski definition) is 1. The Balaban J connectivity index is 2.35. The fraction of sp³-hybridized carbons (Fsp3) is 0.800. The van der Waals surface area contributed by atoms with Crippen LogP contribution in [0.3, 0.4) is 0 Å². The van der Waals surface area contributed by atoms with Crippen LogP contribution >= 0.6 is 0 Å². The molecule has 1 N–H and O–H groups in total. The Kier molecular flexibility index (Phi) is 5.29. The topological polar surface area (TPSA) is 106 Å². The Morgan fingerprint density at radius 1 is 1.53 bits per heavy atom. The van der Waals surface area contributed by atoms with Crippen molar-refractivity contribution in [3.05, 3.63) is 10.4 Å². The van der Waals surface area contributed by atoms with Crippen LogP contribution in [0, 0.1) is 5.92 Å². The highest BCUT2D eigenvalue weighted by Gasteiger charge is 2.27. The fourth-order valence-corrected chi connectivity index (χ4v) is 1.91. The summed E-state index contributed by atoms with van der Waals surface area (Å²) in [6, 6.07) is 0. The molecule has 7 heteroatoms. The van der Waals surface area contributed by atoms with Gasteiger partial charge in [-0.3, -0.25) is 9.59 Å². The molecule has 0 aromatic carbocycles. The van der Waals surface area contributed by atoms with Crippen molar-refractivity contribution >= 4 is 11.9 Å². The second kappa shape index (κ2) is 6.75. The smallest absolute Gasteiger partial charge is 0.308 e. The summed E-state index contributed by atoms with van der Waals surface area (Å²) in [5, 5.41) is 12.2. The zero-order valence-electron chi connectivity index (χ0n) is 9.58. The first-order chi connectivity index (χ1) is 8.15. The van der Waals surface area contributed by atoms with Crippen LogP contribution in [0.15, 0.2) is 5.11 Å². The minimum Gasteiger partial charge on any atom is -0.481 e. The quantitative estimate of drug-likeness (QED) is 0.339. The minimum atomic E-state index is -0.836. The first kappa shape index (κ1) is 13.3. The molecule has 1 heterocycles. The van der Waals surface area contributed by atoms with Gasteiger partial charge in [0.2, 0.25) is 5.91 Å². The number of aliphatic carboxylic acids is 1. The third kappa shape index (κ3) is 4.32. The number of rotatable bonds is 5. The molecule has 0 aromatic heterocycles. The number of carbonyl (C=O) groups is 2.